The zero-order valence-electron chi connectivity index (χ0n) is 16.1. The normalized spacial score (nSPS) is 20.1. The van der Waals surface area contributed by atoms with Crippen LogP contribution in [-0.4, -0.2) is 62.9 Å². The molecule has 1 aliphatic heterocycles. The molecule has 1 saturated heterocycles. The lowest BCUT2D eigenvalue weighted by Gasteiger charge is -2.34. The first-order chi connectivity index (χ1) is 14.4. The molecular weight excluding hydrogens is 421 g/mol. The number of rotatable bonds is 6. The molecule has 7 nitrogen and oxygen atoms in total. The van der Waals surface area contributed by atoms with Gasteiger partial charge in [0, 0.05) is 36.1 Å². The number of alkyl halides is 3. The van der Waals surface area contributed by atoms with E-state index in [9.17, 15) is 13.2 Å². The first kappa shape index (κ1) is 20.7. The van der Waals surface area contributed by atoms with Crippen molar-refractivity contribution < 1.29 is 17.9 Å². The van der Waals surface area contributed by atoms with E-state index in [0.29, 0.717) is 42.2 Å². The van der Waals surface area contributed by atoms with Crippen molar-refractivity contribution in [2.75, 3.05) is 25.0 Å². The van der Waals surface area contributed by atoms with Crippen LogP contribution in [0, 0.1) is 0 Å². The first-order valence-electron chi connectivity index (χ1n) is 9.51. The molecule has 11 heteroatoms. The van der Waals surface area contributed by atoms with E-state index < -0.39 is 12.8 Å². The topological polar surface area (TPSA) is 67.6 Å². The van der Waals surface area contributed by atoms with Crippen molar-refractivity contribution >= 4 is 23.1 Å². The van der Waals surface area contributed by atoms with Gasteiger partial charge in [-0.3, -0.25) is 9.30 Å². The summed E-state index contributed by atoms with van der Waals surface area (Å²) in [6.45, 7) is 0.831. The monoisotopic (exact) mass is 440 g/mol. The van der Waals surface area contributed by atoms with Gasteiger partial charge in [0.2, 0.25) is 5.95 Å². The molecule has 0 bridgehead atoms. The summed E-state index contributed by atoms with van der Waals surface area (Å²) < 4.78 is 46.1. The van der Waals surface area contributed by atoms with E-state index in [1.807, 2.05) is 11.8 Å². The minimum Gasteiger partial charge on any atom is -0.434 e. The highest BCUT2D eigenvalue weighted by atomic mass is 35.5. The SMILES string of the molecule is CCN1C[C@H](F)C[C@@H](Nc2nnc(-c3ccc(Cl)cc3OC(F)F)c3cncn23)C1. The Morgan fingerprint density at radius 3 is 2.90 bits per heavy atom. The molecule has 1 fully saturated rings. The van der Waals surface area contributed by atoms with Crippen LogP contribution in [0.1, 0.15) is 13.3 Å². The van der Waals surface area contributed by atoms with E-state index in [1.165, 1.54) is 18.5 Å². The Morgan fingerprint density at radius 1 is 1.30 bits per heavy atom. The van der Waals surface area contributed by atoms with Crippen LogP contribution in [0.3, 0.4) is 0 Å². The second kappa shape index (κ2) is 8.65. The minimum atomic E-state index is -3.02. The van der Waals surface area contributed by atoms with Crippen molar-refractivity contribution in [3.63, 3.8) is 0 Å². The smallest absolute Gasteiger partial charge is 0.387 e. The zero-order valence-corrected chi connectivity index (χ0v) is 16.9. The van der Waals surface area contributed by atoms with Crippen molar-refractivity contribution in [3.05, 3.63) is 35.7 Å². The average Bonchev–Trinajstić information content (AvgIpc) is 3.18. The molecule has 3 heterocycles. The maximum atomic E-state index is 14.1. The molecule has 0 aliphatic carbocycles. The van der Waals surface area contributed by atoms with Crippen molar-refractivity contribution in [2.45, 2.75) is 32.2 Å². The fourth-order valence-corrected chi connectivity index (χ4v) is 3.84. The number of imidazole rings is 1. The Hall–Kier alpha value is -2.59. The van der Waals surface area contributed by atoms with Gasteiger partial charge in [-0.05, 0) is 24.7 Å². The molecule has 160 valence electrons. The highest BCUT2D eigenvalue weighted by Gasteiger charge is 2.27. The number of anilines is 1. The number of hydrogen-bond acceptors (Lipinski definition) is 6. The third-order valence-electron chi connectivity index (χ3n) is 5.02. The number of halogens is 4. The van der Waals surface area contributed by atoms with Crippen LogP contribution in [0.4, 0.5) is 19.1 Å². The second-order valence-corrected chi connectivity index (χ2v) is 7.50. The van der Waals surface area contributed by atoms with Crippen LogP contribution in [0.5, 0.6) is 5.75 Å². The summed E-state index contributed by atoms with van der Waals surface area (Å²) in [5, 5.41) is 11.9. The van der Waals surface area contributed by atoms with Crippen LogP contribution in [-0.2, 0) is 0 Å². The van der Waals surface area contributed by atoms with Gasteiger partial charge < -0.3 is 10.1 Å². The maximum Gasteiger partial charge on any atom is 0.387 e. The summed E-state index contributed by atoms with van der Waals surface area (Å²) >= 11 is 5.93. The highest BCUT2D eigenvalue weighted by Crippen LogP contribution is 2.35. The van der Waals surface area contributed by atoms with Crippen LogP contribution in [0.25, 0.3) is 16.8 Å². The Balaban J connectivity index is 1.69. The predicted molar refractivity (Wildman–Crippen MR) is 107 cm³/mol. The van der Waals surface area contributed by atoms with Crippen molar-refractivity contribution in [1.82, 2.24) is 24.5 Å². The summed E-state index contributed by atoms with van der Waals surface area (Å²) in [6.07, 6.45) is 2.52. The van der Waals surface area contributed by atoms with E-state index in [4.69, 9.17) is 11.6 Å². The van der Waals surface area contributed by atoms with Gasteiger partial charge in [0.15, 0.2) is 0 Å². The lowest BCUT2D eigenvalue weighted by atomic mass is 10.0. The van der Waals surface area contributed by atoms with Crippen molar-refractivity contribution in [3.8, 4) is 17.0 Å². The molecule has 0 saturated carbocycles. The lowest BCUT2D eigenvalue weighted by molar-refractivity contribution is -0.0494. The molecule has 2 aromatic heterocycles. The minimum absolute atomic E-state index is 0.109. The number of nitrogens with one attached hydrogen (secondary N) is 1. The fourth-order valence-electron chi connectivity index (χ4n) is 3.68. The summed E-state index contributed by atoms with van der Waals surface area (Å²) in [5.74, 6) is 0.286. The standard InChI is InChI=1S/C19H20ClF3N6O/c1-2-28-8-12(21)6-13(9-28)25-19-27-26-17(15-7-24-10-29(15)19)14-4-3-11(20)5-16(14)30-18(22)23/h3-5,7,10,12-13,18H,2,6,8-9H2,1H3,(H,25,27)/t12-,13-/m1/s1. The highest BCUT2D eigenvalue weighted by molar-refractivity contribution is 6.30. The molecule has 1 aliphatic rings. The van der Waals surface area contributed by atoms with Gasteiger partial charge in [-0.25, -0.2) is 9.37 Å². The molecule has 0 unspecified atom stereocenters. The van der Waals surface area contributed by atoms with Crippen LogP contribution in [0.15, 0.2) is 30.7 Å². The third-order valence-corrected chi connectivity index (χ3v) is 5.26. The predicted octanol–water partition coefficient (Wildman–Crippen LogP) is 3.89. The first-order valence-corrected chi connectivity index (χ1v) is 9.88. The van der Waals surface area contributed by atoms with E-state index in [0.717, 1.165) is 6.54 Å². The summed E-state index contributed by atoms with van der Waals surface area (Å²) in [4.78, 5) is 6.17. The number of likely N-dealkylation sites (N-methyl/N-ethyl adjacent to an activating group) is 1. The molecule has 0 amide bonds. The second-order valence-electron chi connectivity index (χ2n) is 7.07. The Morgan fingerprint density at radius 2 is 2.13 bits per heavy atom. The molecule has 30 heavy (non-hydrogen) atoms. The quantitative estimate of drug-likeness (QED) is 0.627. The van der Waals surface area contributed by atoms with Crippen LogP contribution < -0.4 is 10.1 Å². The van der Waals surface area contributed by atoms with Gasteiger partial charge in [-0.1, -0.05) is 18.5 Å². The average molecular weight is 441 g/mol. The van der Waals surface area contributed by atoms with Crippen LogP contribution >= 0.6 is 11.6 Å². The number of ether oxygens (including phenoxy) is 1. The van der Waals surface area contributed by atoms with E-state index in [-0.39, 0.29) is 16.8 Å². The zero-order chi connectivity index (χ0) is 21.3. The van der Waals surface area contributed by atoms with Gasteiger partial charge in [0.05, 0.1) is 11.7 Å². The Bertz CT molecular complexity index is 1030. The number of benzene rings is 1. The molecular formula is C19H20ClF3N6O. The Kier molecular flexibility index (Phi) is 5.96. The molecule has 1 N–H and O–H groups in total. The summed E-state index contributed by atoms with van der Waals surface area (Å²) in [5.41, 5.74) is 1.16. The summed E-state index contributed by atoms with van der Waals surface area (Å²) in [7, 11) is 0. The van der Waals surface area contributed by atoms with Gasteiger partial charge in [0.1, 0.15) is 23.9 Å². The molecule has 1 aromatic carbocycles. The molecule has 4 rings (SSSR count). The number of fused-ring (bicyclic) bond motifs is 1. The molecule has 0 radical (unpaired) electrons. The third kappa shape index (κ3) is 4.29. The Labute approximate surface area is 175 Å². The molecule has 2 atom stereocenters. The van der Waals surface area contributed by atoms with Crippen LogP contribution in [0.2, 0.25) is 5.02 Å². The number of hydrogen-bond donors (Lipinski definition) is 1. The number of piperidine rings is 1. The largest absolute Gasteiger partial charge is 0.434 e. The number of likely N-dealkylation sites (tertiary alicyclic amines) is 1. The van der Waals surface area contributed by atoms with Gasteiger partial charge >= 0.3 is 6.61 Å². The lowest BCUT2D eigenvalue weighted by Crippen LogP contribution is -2.47. The number of aromatic nitrogens is 4. The van der Waals surface area contributed by atoms with Gasteiger partial charge in [-0.15, -0.1) is 10.2 Å². The fraction of sp³-hybridized carbons (Fsp3) is 0.421. The number of nitrogens with zero attached hydrogens (tertiary/aromatic N) is 5. The molecule has 0 spiro atoms. The van der Waals surface area contributed by atoms with E-state index >= 15 is 0 Å². The van der Waals surface area contributed by atoms with Gasteiger partial charge in [0.25, 0.3) is 0 Å². The maximum absolute atomic E-state index is 14.1. The molecule has 3 aromatic rings. The van der Waals surface area contributed by atoms with Crippen molar-refractivity contribution in [2.24, 2.45) is 0 Å². The van der Waals surface area contributed by atoms with E-state index in [1.54, 1.807) is 16.7 Å². The van der Waals surface area contributed by atoms with Crippen molar-refractivity contribution in [1.29, 1.82) is 0 Å². The summed E-state index contributed by atoms with van der Waals surface area (Å²) in [6, 6.07) is 4.25. The van der Waals surface area contributed by atoms with E-state index in [2.05, 4.69) is 25.2 Å². The van der Waals surface area contributed by atoms with Gasteiger partial charge in [-0.2, -0.15) is 8.78 Å².